The summed E-state index contributed by atoms with van der Waals surface area (Å²) in [5, 5.41) is 9.30. The van der Waals surface area contributed by atoms with Crippen molar-refractivity contribution >= 4 is 21.9 Å². The third-order valence-electron chi connectivity index (χ3n) is 3.74. The molecule has 1 aromatic carbocycles. The molecular weight excluding hydrogens is 313 g/mol. The van der Waals surface area contributed by atoms with Gasteiger partial charge in [0, 0.05) is 10.5 Å². The molecule has 1 aromatic rings. The van der Waals surface area contributed by atoms with Gasteiger partial charge in [0.05, 0.1) is 0 Å². The topological polar surface area (TPSA) is 40.5 Å². The third-order valence-corrected chi connectivity index (χ3v) is 4.43. The van der Waals surface area contributed by atoms with Crippen LogP contribution in [0.25, 0.3) is 0 Å². The molecule has 3 nitrogen and oxygen atoms in total. The van der Waals surface area contributed by atoms with Gasteiger partial charge in [-0.05, 0) is 44.0 Å². The van der Waals surface area contributed by atoms with Crippen LogP contribution >= 0.6 is 15.9 Å². The maximum atomic E-state index is 13.1. The van der Waals surface area contributed by atoms with Gasteiger partial charge in [-0.25, -0.2) is 4.39 Å². The van der Waals surface area contributed by atoms with Crippen LogP contribution in [-0.2, 0) is 4.79 Å². The maximum absolute atomic E-state index is 13.1. The summed E-state index contributed by atoms with van der Waals surface area (Å²) in [6.45, 7) is 2.74. The summed E-state index contributed by atoms with van der Waals surface area (Å²) < 4.78 is 13.8. The van der Waals surface area contributed by atoms with Crippen molar-refractivity contribution in [2.24, 2.45) is 0 Å². The summed E-state index contributed by atoms with van der Waals surface area (Å²) in [5.74, 6) is -1.07. The van der Waals surface area contributed by atoms with E-state index in [1.807, 2.05) is 11.8 Å². The lowest BCUT2D eigenvalue weighted by Gasteiger charge is -2.38. The van der Waals surface area contributed by atoms with Crippen molar-refractivity contribution in [3.05, 3.63) is 34.1 Å². The van der Waals surface area contributed by atoms with Crippen LogP contribution in [0.4, 0.5) is 4.39 Å². The molecule has 1 heterocycles. The van der Waals surface area contributed by atoms with E-state index in [-0.39, 0.29) is 11.9 Å². The molecule has 19 heavy (non-hydrogen) atoms. The van der Waals surface area contributed by atoms with Crippen molar-refractivity contribution in [3.63, 3.8) is 0 Å². The fourth-order valence-electron chi connectivity index (χ4n) is 2.70. The van der Waals surface area contributed by atoms with Crippen molar-refractivity contribution in [2.45, 2.75) is 38.3 Å². The number of rotatable bonds is 3. The maximum Gasteiger partial charge on any atom is 0.320 e. The smallest absolute Gasteiger partial charge is 0.320 e. The standard InChI is InChI=1S/C14H17BrFNO2/c1-9(11-6-5-10(16)8-12(11)15)17-7-3-2-4-13(17)14(18)19/h5-6,8-9,13H,2-4,7H2,1H3,(H,18,19). The van der Waals surface area contributed by atoms with Gasteiger partial charge in [-0.1, -0.05) is 28.4 Å². The second-order valence-corrected chi connectivity index (χ2v) is 5.78. The molecule has 1 fully saturated rings. The highest BCUT2D eigenvalue weighted by Gasteiger charge is 2.32. The molecule has 0 radical (unpaired) electrons. The van der Waals surface area contributed by atoms with Gasteiger partial charge in [-0.15, -0.1) is 0 Å². The first-order valence-corrected chi connectivity index (χ1v) is 7.23. The van der Waals surface area contributed by atoms with E-state index < -0.39 is 12.0 Å². The normalized spacial score (nSPS) is 22.2. The van der Waals surface area contributed by atoms with Crippen molar-refractivity contribution in [2.75, 3.05) is 6.54 Å². The van der Waals surface area contributed by atoms with E-state index in [0.717, 1.165) is 24.9 Å². The molecule has 5 heteroatoms. The van der Waals surface area contributed by atoms with Gasteiger partial charge in [0.25, 0.3) is 0 Å². The van der Waals surface area contributed by atoms with E-state index >= 15 is 0 Å². The molecule has 1 aliphatic rings. The molecule has 0 bridgehead atoms. The zero-order valence-corrected chi connectivity index (χ0v) is 12.4. The molecule has 0 aliphatic carbocycles. The number of carboxylic acids is 1. The number of halogens is 2. The molecular formula is C14H17BrFNO2. The van der Waals surface area contributed by atoms with Crippen molar-refractivity contribution in [1.29, 1.82) is 0 Å². The Labute approximate surface area is 120 Å². The van der Waals surface area contributed by atoms with E-state index in [1.54, 1.807) is 6.07 Å². The predicted octanol–water partition coefficient (Wildman–Crippen LogP) is 3.59. The molecule has 0 spiro atoms. The molecule has 2 rings (SSSR count). The number of nitrogens with zero attached hydrogens (tertiary/aromatic N) is 1. The summed E-state index contributed by atoms with van der Waals surface area (Å²) in [4.78, 5) is 13.3. The molecule has 0 amide bonds. The molecule has 2 unspecified atom stereocenters. The lowest BCUT2D eigenvalue weighted by Crippen LogP contribution is -2.45. The first-order chi connectivity index (χ1) is 9.00. The highest BCUT2D eigenvalue weighted by atomic mass is 79.9. The highest BCUT2D eigenvalue weighted by Crippen LogP contribution is 2.32. The average Bonchev–Trinajstić information content (AvgIpc) is 2.38. The Morgan fingerprint density at radius 3 is 2.89 bits per heavy atom. The van der Waals surface area contributed by atoms with Gasteiger partial charge in [-0.2, -0.15) is 0 Å². The van der Waals surface area contributed by atoms with E-state index in [4.69, 9.17) is 0 Å². The fourth-order valence-corrected chi connectivity index (χ4v) is 3.38. The first kappa shape index (κ1) is 14.5. The molecule has 1 aliphatic heterocycles. The average molecular weight is 330 g/mol. The molecule has 0 aromatic heterocycles. The number of benzene rings is 1. The second-order valence-electron chi connectivity index (χ2n) is 4.93. The van der Waals surface area contributed by atoms with Crippen molar-refractivity contribution in [1.82, 2.24) is 4.90 Å². The third kappa shape index (κ3) is 3.15. The van der Waals surface area contributed by atoms with Crippen molar-refractivity contribution < 1.29 is 14.3 Å². The molecule has 104 valence electrons. The number of aliphatic carboxylic acids is 1. The largest absolute Gasteiger partial charge is 0.480 e. The fraction of sp³-hybridized carbons (Fsp3) is 0.500. The summed E-state index contributed by atoms with van der Waals surface area (Å²) in [5.41, 5.74) is 0.926. The predicted molar refractivity (Wildman–Crippen MR) is 74.5 cm³/mol. The summed E-state index contributed by atoms with van der Waals surface area (Å²) in [7, 11) is 0. The van der Waals surface area contributed by atoms with E-state index in [9.17, 15) is 14.3 Å². The van der Waals surface area contributed by atoms with Crippen LogP contribution in [0, 0.1) is 5.82 Å². The lowest BCUT2D eigenvalue weighted by molar-refractivity contribution is -0.145. The number of carbonyl (C=O) groups is 1. The van der Waals surface area contributed by atoms with Crippen LogP contribution in [0.2, 0.25) is 0 Å². The number of likely N-dealkylation sites (tertiary alicyclic amines) is 1. The molecule has 1 N–H and O–H groups in total. The van der Waals surface area contributed by atoms with Crippen LogP contribution in [0.1, 0.15) is 37.8 Å². The van der Waals surface area contributed by atoms with Gasteiger partial charge in [-0.3, -0.25) is 9.69 Å². The molecule has 1 saturated heterocycles. The zero-order valence-electron chi connectivity index (χ0n) is 10.8. The highest BCUT2D eigenvalue weighted by molar-refractivity contribution is 9.10. The van der Waals surface area contributed by atoms with Gasteiger partial charge in [0.15, 0.2) is 0 Å². The Morgan fingerprint density at radius 1 is 1.53 bits per heavy atom. The van der Waals surface area contributed by atoms with E-state index in [2.05, 4.69) is 15.9 Å². The number of hydrogen-bond donors (Lipinski definition) is 1. The SMILES string of the molecule is CC(c1ccc(F)cc1Br)N1CCCCC1C(=O)O. The minimum atomic E-state index is -0.773. The first-order valence-electron chi connectivity index (χ1n) is 6.44. The van der Waals surface area contributed by atoms with Gasteiger partial charge >= 0.3 is 5.97 Å². The minimum Gasteiger partial charge on any atom is -0.480 e. The Hall–Kier alpha value is -0.940. The monoisotopic (exact) mass is 329 g/mol. The second kappa shape index (κ2) is 6.01. The Kier molecular flexibility index (Phi) is 4.58. The van der Waals surface area contributed by atoms with Crippen molar-refractivity contribution in [3.8, 4) is 0 Å². The summed E-state index contributed by atoms with van der Waals surface area (Å²) in [6, 6.07) is 4.07. The van der Waals surface area contributed by atoms with Crippen LogP contribution in [0.5, 0.6) is 0 Å². The Balaban J connectivity index is 2.25. The Morgan fingerprint density at radius 2 is 2.26 bits per heavy atom. The number of piperidine rings is 1. The van der Waals surface area contributed by atoms with Gasteiger partial charge in [0.1, 0.15) is 11.9 Å². The molecule has 0 saturated carbocycles. The Bertz CT molecular complexity index is 481. The number of carboxylic acid groups (broad SMARTS) is 1. The zero-order chi connectivity index (χ0) is 14.0. The van der Waals surface area contributed by atoms with E-state index in [1.165, 1.54) is 12.1 Å². The number of hydrogen-bond acceptors (Lipinski definition) is 2. The summed E-state index contributed by atoms with van der Waals surface area (Å²) >= 11 is 3.36. The quantitative estimate of drug-likeness (QED) is 0.921. The summed E-state index contributed by atoms with van der Waals surface area (Å²) in [6.07, 6.45) is 2.64. The molecule has 2 atom stereocenters. The van der Waals surface area contributed by atoms with Crippen LogP contribution in [0.3, 0.4) is 0 Å². The lowest BCUT2D eigenvalue weighted by atomic mass is 9.97. The van der Waals surface area contributed by atoms with Crippen LogP contribution in [0.15, 0.2) is 22.7 Å². The minimum absolute atomic E-state index is 0.0450. The van der Waals surface area contributed by atoms with Gasteiger partial charge in [0.2, 0.25) is 0 Å². The van der Waals surface area contributed by atoms with E-state index in [0.29, 0.717) is 10.9 Å². The van der Waals surface area contributed by atoms with Crippen LogP contribution < -0.4 is 0 Å². The van der Waals surface area contributed by atoms with Crippen LogP contribution in [-0.4, -0.2) is 28.6 Å². The van der Waals surface area contributed by atoms with Gasteiger partial charge < -0.3 is 5.11 Å².